The average Bonchev–Trinajstić information content (AvgIpc) is 2.49. The van der Waals surface area contributed by atoms with Crippen LogP contribution in [-0.2, 0) is 0 Å². The van der Waals surface area contributed by atoms with Crippen LogP contribution in [0.1, 0.15) is 36.8 Å². The summed E-state index contributed by atoms with van der Waals surface area (Å²) >= 11 is 4.44. The summed E-state index contributed by atoms with van der Waals surface area (Å²) in [7, 11) is 0. The second-order valence-corrected chi connectivity index (χ2v) is 5.69. The molecule has 1 nitrogen and oxygen atoms in total. The molecule has 0 aromatic heterocycles. The summed E-state index contributed by atoms with van der Waals surface area (Å²) in [5.74, 6) is 2.59. The van der Waals surface area contributed by atoms with Gasteiger partial charge in [-0.25, -0.2) is 0 Å². The van der Waals surface area contributed by atoms with Crippen LogP contribution < -0.4 is 4.74 Å². The molecule has 20 heavy (non-hydrogen) atoms. The Hall–Kier alpha value is -1.41. The molecule has 0 aliphatic heterocycles. The predicted octanol–water partition coefficient (Wildman–Crippen LogP) is 4.90. The molecule has 0 aliphatic rings. The standard InChI is InChI=1S/C18H22OS/c1-14(2)15-8-10-18(11-9-15)19-12-17(13-20)16-6-4-3-5-7-16/h3-11,14,17,20H,12-13H2,1-2H3. The van der Waals surface area contributed by atoms with Crippen molar-refractivity contribution in [2.75, 3.05) is 12.4 Å². The molecule has 0 amide bonds. The Morgan fingerprint density at radius 2 is 1.55 bits per heavy atom. The molecule has 1 atom stereocenters. The summed E-state index contributed by atoms with van der Waals surface area (Å²) < 4.78 is 5.90. The molecule has 2 heteroatoms. The quantitative estimate of drug-likeness (QED) is 0.743. The zero-order valence-corrected chi connectivity index (χ0v) is 13.0. The summed E-state index contributed by atoms with van der Waals surface area (Å²) in [4.78, 5) is 0. The molecule has 2 rings (SSSR count). The van der Waals surface area contributed by atoms with E-state index in [0.29, 0.717) is 18.4 Å². The van der Waals surface area contributed by atoms with Crippen molar-refractivity contribution in [3.8, 4) is 5.75 Å². The van der Waals surface area contributed by atoms with Gasteiger partial charge < -0.3 is 4.74 Å². The lowest BCUT2D eigenvalue weighted by molar-refractivity contribution is 0.297. The van der Waals surface area contributed by atoms with Gasteiger partial charge in [0.05, 0.1) is 6.61 Å². The fraction of sp³-hybridized carbons (Fsp3) is 0.333. The van der Waals surface area contributed by atoms with Gasteiger partial charge in [-0.3, -0.25) is 0 Å². The maximum Gasteiger partial charge on any atom is 0.119 e. The Kier molecular flexibility index (Phi) is 5.54. The first-order valence-corrected chi connectivity index (χ1v) is 7.72. The predicted molar refractivity (Wildman–Crippen MR) is 89.1 cm³/mol. The molecule has 1 unspecified atom stereocenters. The Balaban J connectivity index is 1.96. The van der Waals surface area contributed by atoms with Gasteiger partial charge in [-0.15, -0.1) is 0 Å². The first kappa shape index (κ1) is 15.0. The molecule has 0 saturated carbocycles. The third-order valence-electron chi connectivity index (χ3n) is 3.49. The zero-order valence-electron chi connectivity index (χ0n) is 12.1. The van der Waals surface area contributed by atoms with Gasteiger partial charge in [-0.05, 0) is 29.2 Å². The van der Waals surface area contributed by atoms with E-state index in [0.717, 1.165) is 11.5 Å². The van der Waals surface area contributed by atoms with E-state index in [1.807, 2.05) is 6.07 Å². The molecule has 106 valence electrons. The topological polar surface area (TPSA) is 9.23 Å². The van der Waals surface area contributed by atoms with Crippen LogP contribution in [0.4, 0.5) is 0 Å². The summed E-state index contributed by atoms with van der Waals surface area (Å²) in [6.45, 7) is 5.05. The van der Waals surface area contributed by atoms with Crippen LogP contribution in [0.3, 0.4) is 0 Å². The third-order valence-corrected chi connectivity index (χ3v) is 3.93. The maximum absolute atomic E-state index is 5.90. The molecule has 2 aromatic carbocycles. The van der Waals surface area contributed by atoms with E-state index in [4.69, 9.17) is 4.74 Å². The smallest absolute Gasteiger partial charge is 0.119 e. The van der Waals surface area contributed by atoms with Crippen molar-refractivity contribution in [1.29, 1.82) is 0 Å². The van der Waals surface area contributed by atoms with Gasteiger partial charge in [-0.1, -0.05) is 56.3 Å². The van der Waals surface area contributed by atoms with Gasteiger partial charge in [0.15, 0.2) is 0 Å². The highest BCUT2D eigenvalue weighted by atomic mass is 32.1. The highest BCUT2D eigenvalue weighted by Gasteiger charge is 2.10. The normalized spacial score (nSPS) is 12.4. The number of benzene rings is 2. The van der Waals surface area contributed by atoms with E-state index in [2.05, 4.69) is 75.0 Å². The highest BCUT2D eigenvalue weighted by Crippen LogP contribution is 2.22. The minimum absolute atomic E-state index is 0.323. The van der Waals surface area contributed by atoms with Gasteiger partial charge in [-0.2, -0.15) is 12.6 Å². The molecular formula is C18H22OS. The molecule has 0 heterocycles. The van der Waals surface area contributed by atoms with Crippen molar-refractivity contribution in [1.82, 2.24) is 0 Å². The minimum Gasteiger partial charge on any atom is -0.493 e. The van der Waals surface area contributed by atoms with Crippen LogP contribution >= 0.6 is 12.6 Å². The lowest BCUT2D eigenvalue weighted by atomic mass is 10.0. The third kappa shape index (κ3) is 4.04. The Bertz CT molecular complexity index is 505. The average molecular weight is 286 g/mol. The van der Waals surface area contributed by atoms with Crippen LogP contribution in [0, 0.1) is 0 Å². The fourth-order valence-electron chi connectivity index (χ4n) is 2.13. The Morgan fingerprint density at radius 3 is 2.10 bits per heavy atom. The van der Waals surface area contributed by atoms with Crippen LogP contribution in [0.25, 0.3) is 0 Å². The van der Waals surface area contributed by atoms with Gasteiger partial charge >= 0.3 is 0 Å². The van der Waals surface area contributed by atoms with Gasteiger partial charge in [0.1, 0.15) is 5.75 Å². The SMILES string of the molecule is CC(C)c1ccc(OCC(CS)c2ccccc2)cc1. The molecule has 0 spiro atoms. The lowest BCUT2D eigenvalue weighted by Crippen LogP contribution is -2.11. The number of hydrogen-bond acceptors (Lipinski definition) is 2. The Labute approximate surface area is 127 Å². The first-order chi connectivity index (χ1) is 9.70. The molecule has 0 aliphatic carbocycles. The summed E-state index contributed by atoms with van der Waals surface area (Å²) in [5.41, 5.74) is 2.62. The van der Waals surface area contributed by atoms with Crippen molar-refractivity contribution in [2.24, 2.45) is 0 Å². The number of rotatable bonds is 6. The molecule has 0 radical (unpaired) electrons. The van der Waals surface area contributed by atoms with E-state index in [1.54, 1.807) is 0 Å². The van der Waals surface area contributed by atoms with Gasteiger partial charge in [0.25, 0.3) is 0 Å². The van der Waals surface area contributed by atoms with Gasteiger partial charge in [0.2, 0.25) is 0 Å². The molecule has 0 N–H and O–H groups in total. The fourth-order valence-corrected chi connectivity index (χ4v) is 2.44. The van der Waals surface area contributed by atoms with Crippen molar-refractivity contribution in [2.45, 2.75) is 25.7 Å². The number of thiol groups is 1. The van der Waals surface area contributed by atoms with Crippen molar-refractivity contribution in [3.05, 3.63) is 65.7 Å². The summed E-state index contributed by atoms with van der Waals surface area (Å²) in [6.07, 6.45) is 0. The van der Waals surface area contributed by atoms with Crippen LogP contribution in [-0.4, -0.2) is 12.4 Å². The molecule has 0 fully saturated rings. The monoisotopic (exact) mass is 286 g/mol. The van der Waals surface area contributed by atoms with Crippen LogP contribution in [0.15, 0.2) is 54.6 Å². The van der Waals surface area contributed by atoms with E-state index in [1.165, 1.54) is 11.1 Å². The van der Waals surface area contributed by atoms with Crippen LogP contribution in [0.2, 0.25) is 0 Å². The minimum atomic E-state index is 0.323. The van der Waals surface area contributed by atoms with E-state index in [9.17, 15) is 0 Å². The van der Waals surface area contributed by atoms with E-state index >= 15 is 0 Å². The van der Waals surface area contributed by atoms with Crippen molar-refractivity contribution < 1.29 is 4.74 Å². The van der Waals surface area contributed by atoms with Crippen molar-refractivity contribution in [3.63, 3.8) is 0 Å². The summed E-state index contributed by atoms with van der Waals surface area (Å²) in [5, 5.41) is 0. The molecule has 0 bridgehead atoms. The number of ether oxygens (including phenoxy) is 1. The van der Waals surface area contributed by atoms with E-state index in [-0.39, 0.29) is 0 Å². The van der Waals surface area contributed by atoms with Crippen LogP contribution in [0.5, 0.6) is 5.75 Å². The molecule has 0 saturated heterocycles. The van der Waals surface area contributed by atoms with E-state index < -0.39 is 0 Å². The first-order valence-electron chi connectivity index (χ1n) is 7.09. The highest BCUT2D eigenvalue weighted by molar-refractivity contribution is 7.80. The van der Waals surface area contributed by atoms with Crippen molar-refractivity contribution >= 4 is 12.6 Å². The maximum atomic E-state index is 5.90. The second kappa shape index (κ2) is 7.39. The molecule has 2 aromatic rings. The largest absolute Gasteiger partial charge is 0.493 e. The summed E-state index contributed by atoms with van der Waals surface area (Å²) in [6, 6.07) is 18.8. The molecular weight excluding hydrogens is 264 g/mol. The number of hydrogen-bond donors (Lipinski definition) is 1. The zero-order chi connectivity index (χ0) is 14.4. The second-order valence-electron chi connectivity index (χ2n) is 5.32. The van der Waals surface area contributed by atoms with Gasteiger partial charge in [0, 0.05) is 11.7 Å². The lowest BCUT2D eigenvalue weighted by Gasteiger charge is -2.16. The Morgan fingerprint density at radius 1 is 0.900 bits per heavy atom.